The molecule has 3 amide bonds. The van der Waals surface area contributed by atoms with Gasteiger partial charge in [0.05, 0.1) is 29.2 Å². The number of nitrogens with zero attached hydrogens (tertiary/aromatic N) is 1. The fourth-order valence-corrected chi connectivity index (χ4v) is 5.78. The molecule has 0 spiro atoms. The first-order valence-corrected chi connectivity index (χ1v) is 11.0. The van der Waals surface area contributed by atoms with Crippen LogP contribution in [0.1, 0.15) is 13.3 Å². The predicted molar refractivity (Wildman–Crippen MR) is 112 cm³/mol. The summed E-state index contributed by atoms with van der Waals surface area (Å²) in [5, 5.41) is 1.87. The number of anilines is 1. The molecule has 2 saturated carbocycles. The van der Waals surface area contributed by atoms with Crippen molar-refractivity contribution in [2.45, 2.75) is 24.1 Å². The minimum absolute atomic E-state index is 0.156. The fraction of sp³-hybridized carbons (Fsp3) is 0.524. The van der Waals surface area contributed by atoms with Crippen LogP contribution in [-0.2, 0) is 23.9 Å². The van der Waals surface area contributed by atoms with E-state index in [0.29, 0.717) is 24.5 Å². The number of likely N-dealkylation sites (tertiary alicyclic amines) is 1. The Morgan fingerprint density at radius 1 is 1.06 bits per heavy atom. The minimum Gasteiger partial charge on any atom is -0.494 e. The number of nitrogens with one attached hydrogen (secondary N) is 1. The van der Waals surface area contributed by atoms with Crippen molar-refractivity contribution in [3.05, 3.63) is 24.3 Å². The molecular formula is C21H22Cl2N2O6. The van der Waals surface area contributed by atoms with E-state index in [0.717, 1.165) is 4.90 Å². The molecule has 166 valence electrons. The normalized spacial score (nSPS) is 31.0. The molecular weight excluding hydrogens is 447 g/mol. The van der Waals surface area contributed by atoms with Gasteiger partial charge in [0.15, 0.2) is 6.61 Å². The monoisotopic (exact) mass is 468 g/mol. The Balaban J connectivity index is 1.28. The number of fused-ring (bicyclic) bond motifs is 5. The molecule has 0 aromatic heterocycles. The van der Waals surface area contributed by atoms with Gasteiger partial charge in [-0.15, -0.1) is 23.2 Å². The van der Waals surface area contributed by atoms with E-state index in [2.05, 4.69) is 5.32 Å². The molecule has 0 radical (unpaired) electrons. The maximum atomic E-state index is 12.7. The third-order valence-corrected chi connectivity index (χ3v) is 7.50. The van der Waals surface area contributed by atoms with Gasteiger partial charge in [-0.1, -0.05) is 0 Å². The van der Waals surface area contributed by atoms with Crippen molar-refractivity contribution in [1.82, 2.24) is 4.90 Å². The van der Waals surface area contributed by atoms with Crippen molar-refractivity contribution in [2.75, 3.05) is 25.1 Å². The number of amides is 3. The zero-order valence-electron chi connectivity index (χ0n) is 16.8. The first-order valence-electron chi connectivity index (χ1n) is 10.1. The number of hydrogen-bond acceptors (Lipinski definition) is 6. The van der Waals surface area contributed by atoms with Crippen LogP contribution >= 0.6 is 23.2 Å². The molecule has 1 aromatic rings. The lowest BCUT2D eigenvalue weighted by Crippen LogP contribution is -2.38. The highest BCUT2D eigenvalue weighted by Gasteiger charge is 2.66. The van der Waals surface area contributed by atoms with E-state index in [-0.39, 0.29) is 22.6 Å². The standard InChI is InChI=1S/C21H22Cl2N2O6/c1-2-30-11-5-3-10(4-6-11)24-14(26)9-31-15(27)8-25-20(28)16-12-7-13(17(16)21(25)29)19(23)18(12)22/h3-6,12-13,16-19H,2,7-9H2,1H3,(H,24,26)/t12-,13-,16-,17-,18+,19+/m1/s1. The van der Waals surface area contributed by atoms with E-state index in [1.165, 1.54) is 0 Å². The summed E-state index contributed by atoms with van der Waals surface area (Å²) in [5.41, 5.74) is 0.518. The van der Waals surface area contributed by atoms with Crippen molar-refractivity contribution < 1.29 is 28.7 Å². The Hall–Kier alpha value is -2.32. The van der Waals surface area contributed by atoms with Crippen LogP contribution in [0.3, 0.4) is 0 Å². The highest BCUT2D eigenvalue weighted by Crippen LogP contribution is 2.59. The Morgan fingerprint density at radius 2 is 1.65 bits per heavy atom. The van der Waals surface area contributed by atoms with Gasteiger partial charge in [-0.2, -0.15) is 0 Å². The quantitative estimate of drug-likeness (QED) is 0.373. The summed E-state index contributed by atoms with van der Waals surface area (Å²) in [6.07, 6.45) is 0.652. The fourth-order valence-electron chi connectivity index (χ4n) is 4.89. The summed E-state index contributed by atoms with van der Waals surface area (Å²) in [5.74, 6) is -2.88. The highest BCUT2D eigenvalue weighted by atomic mass is 35.5. The zero-order valence-corrected chi connectivity index (χ0v) is 18.3. The van der Waals surface area contributed by atoms with Crippen LogP contribution in [0.5, 0.6) is 5.75 Å². The lowest BCUT2D eigenvalue weighted by molar-refractivity contribution is -0.154. The van der Waals surface area contributed by atoms with Crippen LogP contribution in [0.25, 0.3) is 0 Å². The molecule has 31 heavy (non-hydrogen) atoms. The molecule has 0 unspecified atom stereocenters. The number of alkyl halides is 2. The number of halogens is 2. The molecule has 1 N–H and O–H groups in total. The second-order valence-electron chi connectivity index (χ2n) is 7.93. The molecule has 1 saturated heterocycles. The van der Waals surface area contributed by atoms with Gasteiger partial charge in [-0.3, -0.25) is 24.1 Å². The van der Waals surface area contributed by atoms with Gasteiger partial charge in [-0.05, 0) is 49.4 Å². The van der Waals surface area contributed by atoms with Crippen LogP contribution in [0.4, 0.5) is 5.69 Å². The first-order chi connectivity index (χ1) is 14.8. The Labute approximate surface area is 189 Å². The number of benzene rings is 1. The van der Waals surface area contributed by atoms with E-state index in [1.54, 1.807) is 24.3 Å². The second kappa shape index (κ2) is 8.67. The number of ether oxygens (including phenoxy) is 2. The summed E-state index contributed by atoms with van der Waals surface area (Å²) in [7, 11) is 0. The average Bonchev–Trinajstić information content (AvgIpc) is 3.35. The van der Waals surface area contributed by atoms with Crippen molar-refractivity contribution >= 4 is 52.6 Å². The summed E-state index contributed by atoms with van der Waals surface area (Å²) in [4.78, 5) is 50.6. The van der Waals surface area contributed by atoms with E-state index in [9.17, 15) is 19.2 Å². The van der Waals surface area contributed by atoms with Crippen molar-refractivity contribution in [2.24, 2.45) is 23.7 Å². The number of carbonyl (C=O) groups is 4. The summed E-state index contributed by atoms with van der Waals surface area (Å²) in [6.45, 7) is 1.34. The van der Waals surface area contributed by atoms with Crippen LogP contribution in [0, 0.1) is 23.7 Å². The van der Waals surface area contributed by atoms with E-state index in [1.807, 2.05) is 6.92 Å². The molecule has 1 heterocycles. The van der Waals surface area contributed by atoms with Crippen molar-refractivity contribution in [1.29, 1.82) is 0 Å². The van der Waals surface area contributed by atoms with Gasteiger partial charge in [-0.25, -0.2) is 0 Å². The van der Waals surface area contributed by atoms with E-state index in [4.69, 9.17) is 32.7 Å². The minimum atomic E-state index is -0.833. The van der Waals surface area contributed by atoms with Gasteiger partial charge < -0.3 is 14.8 Å². The molecule has 3 fully saturated rings. The van der Waals surface area contributed by atoms with Crippen molar-refractivity contribution in [3.8, 4) is 5.75 Å². The molecule has 2 aliphatic carbocycles. The number of hydrogen-bond donors (Lipinski definition) is 1. The maximum Gasteiger partial charge on any atom is 0.326 e. The molecule has 2 bridgehead atoms. The summed E-state index contributed by atoms with van der Waals surface area (Å²) < 4.78 is 10.3. The number of esters is 1. The SMILES string of the molecule is CCOc1ccc(NC(=O)COC(=O)CN2C(=O)[C@@H]3[C@H]4C[C@@H]([C@H](Cl)[C@H]4Cl)[C@H]3C2=O)cc1. The van der Waals surface area contributed by atoms with Gasteiger partial charge >= 0.3 is 5.97 Å². The smallest absolute Gasteiger partial charge is 0.326 e. The summed E-state index contributed by atoms with van der Waals surface area (Å²) in [6, 6.07) is 6.73. The topological polar surface area (TPSA) is 102 Å². The lowest BCUT2D eigenvalue weighted by atomic mass is 9.80. The van der Waals surface area contributed by atoms with Crippen LogP contribution in [-0.4, -0.2) is 59.1 Å². The molecule has 3 aliphatic rings. The molecule has 4 rings (SSSR count). The Kier molecular flexibility index (Phi) is 6.12. The predicted octanol–water partition coefficient (Wildman–Crippen LogP) is 2.03. The van der Waals surface area contributed by atoms with E-state index >= 15 is 0 Å². The third-order valence-electron chi connectivity index (χ3n) is 6.18. The van der Waals surface area contributed by atoms with Gasteiger partial charge in [0.25, 0.3) is 5.91 Å². The zero-order chi connectivity index (χ0) is 22.3. The highest BCUT2D eigenvalue weighted by molar-refractivity contribution is 6.31. The summed E-state index contributed by atoms with van der Waals surface area (Å²) >= 11 is 12.6. The van der Waals surface area contributed by atoms with Crippen LogP contribution in [0.15, 0.2) is 24.3 Å². The molecule has 8 nitrogen and oxygen atoms in total. The molecule has 10 heteroatoms. The van der Waals surface area contributed by atoms with Crippen LogP contribution < -0.4 is 10.1 Å². The third kappa shape index (κ3) is 3.99. The number of rotatable bonds is 7. The first kappa shape index (κ1) is 21.9. The number of imide groups is 1. The van der Waals surface area contributed by atoms with Gasteiger partial charge in [0.1, 0.15) is 12.3 Å². The second-order valence-corrected chi connectivity index (χ2v) is 8.94. The molecule has 1 aliphatic heterocycles. The maximum absolute atomic E-state index is 12.7. The Bertz CT molecular complexity index is 876. The van der Waals surface area contributed by atoms with E-state index < -0.39 is 48.7 Å². The Morgan fingerprint density at radius 3 is 2.19 bits per heavy atom. The largest absolute Gasteiger partial charge is 0.494 e. The number of carbonyl (C=O) groups excluding carboxylic acids is 4. The average molecular weight is 469 g/mol. The van der Waals surface area contributed by atoms with Gasteiger partial charge in [0.2, 0.25) is 11.8 Å². The lowest BCUT2D eigenvalue weighted by Gasteiger charge is -2.28. The molecule has 6 atom stereocenters. The molecule has 1 aromatic carbocycles. The van der Waals surface area contributed by atoms with Crippen LogP contribution in [0.2, 0.25) is 0 Å². The van der Waals surface area contributed by atoms with Crippen molar-refractivity contribution in [3.63, 3.8) is 0 Å². The van der Waals surface area contributed by atoms with Gasteiger partial charge in [0, 0.05) is 5.69 Å².